The number of hydrogen-bond acceptors (Lipinski definition) is 19. The standard InChI is InChI=1S/C40H43N12O7S.2Na/c53-23-19-51(20-24-54)39-47-35(41-30-7-3-1-4-8-30)45-37(49-39)43-32-16-12-28(13-17-32)11-14-29-15-18-33(27-34(29)60(57,58)59)44-38-46-36(42-31-9-5-2-6-10-31)48-40(50-38)52(21-25-55)22-26-56;;/h1-12,14-18,27,53-56H,19-26H2,(H,57,58,59)(H2,41,43,45,47,49)(H2,42,44,46,48,50);;/q-1;2*+1/p-1/b14-11+;;. The van der Waals surface area contributed by atoms with Crippen molar-refractivity contribution >= 4 is 80.7 Å². The van der Waals surface area contributed by atoms with Crippen LogP contribution in [0.2, 0.25) is 0 Å². The van der Waals surface area contributed by atoms with Gasteiger partial charge in [-0.2, -0.15) is 35.5 Å². The van der Waals surface area contributed by atoms with E-state index < -0.39 is 15.0 Å². The summed E-state index contributed by atoms with van der Waals surface area (Å²) in [5.74, 6) is 0.911. The van der Waals surface area contributed by atoms with E-state index in [0.717, 1.165) is 5.69 Å². The molecule has 8 N–H and O–H groups in total. The van der Waals surface area contributed by atoms with Gasteiger partial charge in [0.05, 0.1) is 31.3 Å². The predicted octanol–water partition coefficient (Wildman–Crippen LogP) is -2.50. The van der Waals surface area contributed by atoms with E-state index in [9.17, 15) is 33.4 Å². The Labute approximate surface area is 402 Å². The number of para-hydroxylation sites is 2. The normalized spacial score (nSPS) is 11.0. The number of hydrogen-bond donors (Lipinski definition) is 8. The monoisotopic (exact) mass is 880 g/mol. The van der Waals surface area contributed by atoms with E-state index in [2.05, 4.69) is 57.2 Å². The zero-order chi connectivity index (χ0) is 42.3. The number of aromatic nitrogens is 6. The van der Waals surface area contributed by atoms with Crippen LogP contribution < -0.4 is 90.2 Å². The van der Waals surface area contributed by atoms with Gasteiger partial charge in [0, 0.05) is 43.2 Å². The van der Waals surface area contributed by atoms with Gasteiger partial charge in [-0.05, 0) is 47.6 Å². The molecule has 6 aromatic rings. The van der Waals surface area contributed by atoms with Crippen LogP contribution in [0.3, 0.4) is 0 Å². The van der Waals surface area contributed by atoms with Crippen LogP contribution in [-0.4, -0.2) is 116 Å². The third kappa shape index (κ3) is 14.6. The van der Waals surface area contributed by atoms with E-state index >= 15 is 0 Å². The van der Waals surface area contributed by atoms with E-state index in [-0.39, 0.29) is 159 Å². The minimum absolute atomic E-state index is 0. The van der Waals surface area contributed by atoms with Crippen LogP contribution in [0.15, 0.2) is 102 Å². The van der Waals surface area contributed by atoms with Crippen molar-refractivity contribution in [3.8, 4) is 0 Å². The van der Waals surface area contributed by atoms with Crippen LogP contribution in [0.1, 0.15) is 11.1 Å². The molecule has 2 heterocycles. The fraction of sp³-hybridized carbons (Fsp3) is 0.200. The van der Waals surface area contributed by atoms with Gasteiger partial charge in [0.25, 0.3) is 0 Å². The molecule has 22 heteroatoms. The molecule has 2 aromatic heterocycles. The number of aliphatic hydroxyl groups excluding tert-OH is 4. The van der Waals surface area contributed by atoms with Gasteiger partial charge >= 0.3 is 59.1 Å². The maximum atomic E-state index is 12.5. The van der Waals surface area contributed by atoms with Crippen LogP contribution in [-0.2, 0) is 10.1 Å². The SMILES string of the molecule is O=S(=O)([O-])c1cc(Nc2nc(Nc3ccccc3)nc(N(CCO)CCO)n2)ccc1/C=C/c1[c-]cc(Nc2nc(Nc3ccccc3)nc(N(CCO)CCO)n2)cc1.[Na+].[Na+]. The van der Waals surface area contributed by atoms with Crippen LogP contribution in [0.25, 0.3) is 12.2 Å². The first kappa shape index (κ1) is 49.8. The first-order valence-corrected chi connectivity index (χ1v) is 20.0. The second-order valence-electron chi connectivity index (χ2n) is 12.7. The second-order valence-corrected chi connectivity index (χ2v) is 14.1. The van der Waals surface area contributed by atoms with Gasteiger partial charge in [0.1, 0.15) is 10.1 Å². The Morgan fingerprint density at radius 1 is 0.548 bits per heavy atom. The summed E-state index contributed by atoms with van der Waals surface area (Å²) in [4.78, 5) is 29.4. The van der Waals surface area contributed by atoms with Crippen LogP contribution in [0.4, 0.5) is 58.4 Å². The summed E-state index contributed by atoms with van der Waals surface area (Å²) in [6.45, 7) is -0.225. The van der Waals surface area contributed by atoms with Crippen molar-refractivity contribution in [2.45, 2.75) is 4.90 Å². The molecule has 0 atom stereocenters. The van der Waals surface area contributed by atoms with Gasteiger partial charge in [0.2, 0.25) is 35.7 Å². The summed E-state index contributed by atoms with van der Waals surface area (Å²) < 4.78 is 37.5. The van der Waals surface area contributed by atoms with Gasteiger partial charge < -0.3 is 56.0 Å². The fourth-order valence-electron chi connectivity index (χ4n) is 5.67. The predicted molar refractivity (Wildman–Crippen MR) is 227 cm³/mol. The molecule has 19 nitrogen and oxygen atoms in total. The van der Waals surface area contributed by atoms with Gasteiger partial charge in [0.15, 0.2) is 0 Å². The molecule has 6 rings (SSSR count). The number of aliphatic hydroxyl groups is 4. The number of anilines is 10. The number of nitrogens with zero attached hydrogens (tertiary/aromatic N) is 8. The molecule has 0 aliphatic carbocycles. The van der Waals surface area contributed by atoms with E-state index in [1.807, 2.05) is 48.5 Å². The van der Waals surface area contributed by atoms with Crippen molar-refractivity contribution in [1.82, 2.24) is 29.9 Å². The van der Waals surface area contributed by atoms with Crippen molar-refractivity contribution in [3.63, 3.8) is 0 Å². The zero-order valence-electron chi connectivity index (χ0n) is 34.0. The Hall–Kier alpha value is -4.81. The molecule has 0 spiro atoms. The smallest absolute Gasteiger partial charge is 0.744 e. The Morgan fingerprint density at radius 3 is 1.37 bits per heavy atom. The molecular weight excluding hydrogens is 839 g/mol. The molecule has 0 amide bonds. The third-order valence-corrected chi connectivity index (χ3v) is 9.32. The molecule has 4 aromatic carbocycles. The topological polar surface area (TPSA) is 270 Å². The molecule has 0 saturated heterocycles. The summed E-state index contributed by atoms with van der Waals surface area (Å²) >= 11 is 0. The first-order valence-electron chi connectivity index (χ1n) is 18.6. The number of rotatable bonds is 21. The van der Waals surface area contributed by atoms with E-state index in [0.29, 0.717) is 16.9 Å². The fourth-order valence-corrected chi connectivity index (χ4v) is 6.36. The zero-order valence-corrected chi connectivity index (χ0v) is 38.9. The van der Waals surface area contributed by atoms with Crippen molar-refractivity contribution in [2.24, 2.45) is 0 Å². The summed E-state index contributed by atoms with van der Waals surface area (Å²) in [5, 5.41) is 50.7. The molecular formula is C40H42N12Na2O7S. The minimum Gasteiger partial charge on any atom is -0.744 e. The van der Waals surface area contributed by atoms with Gasteiger partial charge in [-0.15, -0.1) is 30.3 Å². The molecule has 0 bridgehead atoms. The van der Waals surface area contributed by atoms with Crippen LogP contribution in [0, 0.1) is 6.07 Å². The summed E-state index contributed by atoms with van der Waals surface area (Å²) in [7, 11) is -4.97. The van der Waals surface area contributed by atoms with Gasteiger partial charge in [-0.3, -0.25) is 0 Å². The molecule has 0 fully saturated rings. The minimum atomic E-state index is -4.97. The van der Waals surface area contributed by atoms with Crippen molar-refractivity contribution in [2.75, 3.05) is 83.7 Å². The van der Waals surface area contributed by atoms with Gasteiger partial charge in [-0.1, -0.05) is 48.5 Å². The number of benzene rings is 4. The summed E-state index contributed by atoms with van der Waals surface area (Å²) in [6, 6.07) is 30.8. The molecule has 0 unspecified atom stereocenters. The molecule has 0 radical (unpaired) electrons. The quantitative estimate of drug-likeness (QED) is 0.0161. The van der Waals surface area contributed by atoms with Crippen molar-refractivity contribution in [3.05, 3.63) is 114 Å². The van der Waals surface area contributed by atoms with Crippen molar-refractivity contribution in [1.29, 1.82) is 0 Å². The van der Waals surface area contributed by atoms with Crippen LogP contribution >= 0.6 is 0 Å². The molecule has 312 valence electrons. The Bertz CT molecular complexity index is 2450. The van der Waals surface area contributed by atoms with Crippen LogP contribution in [0.5, 0.6) is 0 Å². The molecule has 62 heavy (non-hydrogen) atoms. The van der Waals surface area contributed by atoms with E-state index in [4.69, 9.17) is 0 Å². The molecule has 0 aliphatic heterocycles. The Kier molecular flexibility index (Phi) is 19.9. The largest absolute Gasteiger partial charge is 1.00 e. The van der Waals surface area contributed by atoms with E-state index in [1.54, 1.807) is 52.3 Å². The average molecular weight is 881 g/mol. The molecule has 0 aliphatic rings. The maximum absolute atomic E-state index is 12.5. The second kappa shape index (κ2) is 24.7. The van der Waals surface area contributed by atoms with Gasteiger partial charge in [-0.25, -0.2) is 8.42 Å². The Balaban J connectivity index is 0.00000422. The number of nitrogens with one attached hydrogen (secondary N) is 4. The average Bonchev–Trinajstić information content (AvgIpc) is 3.24. The van der Waals surface area contributed by atoms with E-state index in [1.165, 1.54) is 18.2 Å². The third-order valence-electron chi connectivity index (χ3n) is 8.43. The molecule has 0 saturated carbocycles. The summed E-state index contributed by atoms with van der Waals surface area (Å²) in [5.41, 5.74) is 2.86. The van der Waals surface area contributed by atoms with Crippen molar-refractivity contribution < 1.29 is 92.5 Å². The Morgan fingerprint density at radius 2 is 0.968 bits per heavy atom. The first-order chi connectivity index (χ1) is 29.1. The summed E-state index contributed by atoms with van der Waals surface area (Å²) in [6.07, 6.45) is 3.08. The maximum Gasteiger partial charge on any atom is 1.00 e.